The van der Waals surface area contributed by atoms with E-state index in [0.29, 0.717) is 19.6 Å². The van der Waals surface area contributed by atoms with E-state index in [2.05, 4.69) is 30.2 Å². The molecule has 1 heterocycles. The van der Waals surface area contributed by atoms with E-state index in [9.17, 15) is 19.7 Å². The normalized spacial score (nSPS) is 12.7. The molecule has 0 saturated heterocycles. The molecule has 1 fully saturated rings. The first-order valence-corrected chi connectivity index (χ1v) is 12.0. The lowest BCUT2D eigenvalue weighted by Gasteiger charge is -2.27. The third kappa shape index (κ3) is 5.89. The predicted molar refractivity (Wildman–Crippen MR) is 137 cm³/mol. The molecular formula is C28H30N4O4. The van der Waals surface area contributed by atoms with Gasteiger partial charge < -0.3 is 14.4 Å². The first kappa shape index (κ1) is 24.9. The molecule has 36 heavy (non-hydrogen) atoms. The number of carbonyl (C=O) groups excluding carboxylic acids is 2. The SMILES string of the molecule is C=CCN(Cc1cccn1Cc1ccccc1C)C(=O)CN(C(=O)c1cccc([N+](=O)[O-])c1)C1CC1. The lowest BCUT2D eigenvalue weighted by molar-refractivity contribution is -0.384. The third-order valence-corrected chi connectivity index (χ3v) is 6.44. The lowest BCUT2D eigenvalue weighted by atomic mass is 10.1. The molecule has 0 spiro atoms. The maximum Gasteiger partial charge on any atom is 0.270 e. The largest absolute Gasteiger partial charge is 0.345 e. The Balaban J connectivity index is 1.49. The summed E-state index contributed by atoms with van der Waals surface area (Å²) in [5.41, 5.74) is 3.46. The van der Waals surface area contributed by atoms with Crippen LogP contribution in [0.4, 0.5) is 5.69 Å². The number of amides is 2. The van der Waals surface area contributed by atoms with Gasteiger partial charge in [-0.05, 0) is 49.1 Å². The second kappa shape index (κ2) is 11.0. The van der Waals surface area contributed by atoms with Gasteiger partial charge >= 0.3 is 0 Å². The van der Waals surface area contributed by atoms with Crippen LogP contribution >= 0.6 is 0 Å². The summed E-state index contributed by atoms with van der Waals surface area (Å²) in [6.45, 7) is 7.23. The van der Waals surface area contributed by atoms with Crippen molar-refractivity contribution in [3.05, 3.63) is 112 Å². The van der Waals surface area contributed by atoms with Crippen LogP contribution in [0.3, 0.4) is 0 Å². The summed E-state index contributed by atoms with van der Waals surface area (Å²) < 4.78 is 2.12. The molecule has 186 valence electrons. The Morgan fingerprint density at radius 2 is 1.92 bits per heavy atom. The lowest BCUT2D eigenvalue weighted by Crippen LogP contribution is -2.44. The molecule has 0 aliphatic heterocycles. The van der Waals surface area contributed by atoms with Gasteiger partial charge in [0.15, 0.2) is 0 Å². The van der Waals surface area contributed by atoms with Crippen LogP contribution in [-0.4, -0.2) is 50.2 Å². The molecule has 8 nitrogen and oxygen atoms in total. The molecule has 3 aromatic rings. The van der Waals surface area contributed by atoms with Gasteiger partial charge in [-0.3, -0.25) is 19.7 Å². The average molecular weight is 487 g/mol. The minimum absolute atomic E-state index is 0.0313. The number of nitro groups is 1. The highest BCUT2D eigenvalue weighted by Crippen LogP contribution is 2.29. The Hall–Kier alpha value is -4.20. The molecule has 1 aliphatic rings. The summed E-state index contributed by atoms with van der Waals surface area (Å²) >= 11 is 0. The van der Waals surface area contributed by atoms with Gasteiger partial charge in [0.05, 0.1) is 11.5 Å². The molecule has 8 heteroatoms. The zero-order valence-electron chi connectivity index (χ0n) is 20.4. The van der Waals surface area contributed by atoms with Crippen LogP contribution in [0.25, 0.3) is 0 Å². The van der Waals surface area contributed by atoms with Crippen molar-refractivity contribution in [2.75, 3.05) is 13.1 Å². The van der Waals surface area contributed by atoms with E-state index in [1.165, 1.54) is 29.3 Å². The van der Waals surface area contributed by atoms with Gasteiger partial charge in [-0.1, -0.05) is 36.4 Å². The standard InChI is InChI=1S/C28H30N4O4/c1-3-15-30(19-26-12-7-16-29(26)18-23-9-5-4-8-21(23)2)27(33)20-31(24-13-14-24)28(34)22-10-6-11-25(17-22)32(35)36/h3-12,16-17,24H,1,13-15,18-20H2,2H3. The number of aryl methyl sites for hydroxylation is 1. The van der Waals surface area contributed by atoms with Crippen molar-refractivity contribution in [2.24, 2.45) is 0 Å². The molecule has 0 bridgehead atoms. The molecule has 0 radical (unpaired) electrons. The van der Waals surface area contributed by atoms with Crippen molar-refractivity contribution in [2.45, 2.75) is 38.9 Å². The minimum Gasteiger partial charge on any atom is -0.345 e. The second-order valence-electron chi connectivity index (χ2n) is 9.09. The summed E-state index contributed by atoms with van der Waals surface area (Å²) in [6, 6.07) is 17.8. The van der Waals surface area contributed by atoms with Crippen LogP contribution in [0.15, 0.2) is 79.5 Å². The molecule has 0 unspecified atom stereocenters. The van der Waals surface area contributed by atoms with Gasteiger partial charge in [-0.15, -0.1) is 6.58 Å². The first-order valence-electron chi connectivity index (χ1n) is 12.0. The number of hydrogen-bond acceptors (Lipinski definition) is 4. The highest BCUT2D eigenvalue weighted by molar-refractivity contribution is 5.97. The molecule has 1 aromatic heterocycles. The molecule has 2 aromatic carbocycles. The highest BCUT2D eigenvalue weighted by Gasteiger charge is 2.35. The molecule has 4 rings (SSSR count). The maximum absolute atomic E-state index is 13.4. The minimum atomic E-state index is -0.527. The van der Waals surface area contributed by atoms with Crippen LogP contribution in [-0.2, 0) is 17.9 Å². The summed E-state index contributed by atoms with van der Waals surface area (Å²) in [4.78, 5) is 40.5. The number of benzene rings is 2. The van der Waals surface area contributed by atoms with E-state index in [-0.39, 0.29) is 35.7 Å². The Morgan fingerprint density at radius 1 is 1.14 bits per heavy atom. The number of carbonyl (C=O) groups is 2. The van der Waals surface area contributed by atoms with E-state index in [1.54, 1.807) is 21.9 Å². The monoisotopic (exact) mass is 486 g/mol. The zero-order chi connectivity index (χ0) is 25.7. The molecule has 2 amide bonds. The second-order valence-corrected chi connectivity index (χ2v) is 9.09. The molecule has 0 atom stereocenters. The molecule has 1 saturated carbocycles. The zero-order valence-corrected chi connectivity index (χ0v) is 20.4. The number of non-ortho nitro benzene ring substituents is 1. The van der Waals surface area contributed by atoms with Crippen LogP contribution in [0.5, 0.6) is 0 Å². The van der Waals surface area contributed by atoms with Crippen molar-refractivity contribution >= 4 is 17.5 Å². The van der Waals surface area contributed by atoms with Crippen LogP contribution in [0.2, 0.25) is 0 Å². The van der Waals surface area contributed by atoms with Crippen LogP contribution in [0.1, 0.15) is 40.0 Å². The predicted octanol–water partition coefficient (Wildman–Crippen LogP) is 4.57. The average Bonchev–Trinajstić information content (AvgIpc) is 3.63. The summed E-state index contributed by atoms with van der Waals surface area (Å²) in [5, 5.41) is 11.2. The van der Waals surface area contributed by atoms with Gasteiger partial charge in [0.25, 0.3) is 11.6 Å². The van der Waals surface area contributed by atoms with Gasteiger partial charge in [0, 0.05) is 48.7 Å². The van der Waals surface area contributed by atoms with Gasteiger partial charge in [0.2, 0.25) is 5.91 Å². The Labute approximate surface area is 210 Å². The van der Waals surface area contributed by atoms with Crippen molar-refractivity contribution in [3.8, 4) is 0 Å². The van der Waals surface area contributed by atoms with E-state index < -0.39 is 4.92 Å². The van der Waals surface area contributed by atoms with E-state index in [0.717, 1.165) is 18.5 Å². The molecular weight excluding hydrogens is 456 g/mol. The Kier molecular flexibility index (Phi) is 7.63. The van der Waals surface area contributed by atoms with Crippen molar-refractivity contribution in [3.63, 3.8) is 0 Å². The highest BCUT2D eigenvalue weighted by atomic mass is 16.6. The van der Waals surface area contributed by atoms with Crippen LogP contribution < -0.4 is 0 Å². The fourth-order valence-corrected chi connectivity index (χ4v) is 4.24. The number of aromatic nitrogens is 1. The number of rotatable bonds is 11. The number of nitrogens with zero attached hydrogens (tertiary/aromatic N) is 4. The van der Waals surface area contributed by atoms with E-state index in [1.807, 2.05) is 30.5 Å². The quantitative estimate of drug-likeness (QED) is 0.226. The van der Waals surface area contributed by atoms with Gasteiger partial charge in [-0.2, -0.15) is 0 Å². The van der Waals surface area contributed by atoms with Gasteiger partial charge in [0.1, 0.15) is 6.54 Å². The summed E-state index contributed by atoms with van der Waals surface area (Å²) in [5.74, 6) is -0.555. The third-order valence-electron chi connectivity index (χ3n) is 6.44. The summed E-state index contributed by atoms with van der Waals surface area (Å²) in [6.07, 6.45) is 5.31. The molecule has 0 N–H and O–H groups in total. The summed E-state index contributed by atoms with van der Waals surface area (Å²) in [7, 11) is 0. The fraction of sp³-hybridized carbons (Fsp3) is 0.286. The van der Waals surface area contributed by atoms with Crippen molar-refractivity contribution in [1.82, 2.24) is 14.4 Å². The number of hydrogen-bond donors (Lipinski definition) is 0. The van der Waals surface area contributed by atoms with Crippen molar-refractivity contribution in [1.29, 1.82) is 0 Å². The Bertz CT molecular complexity index is 1280. The van der Waals surface area contributed by atoms with E-state index in [4.69, 9.17) is 0 Å². The maximum atomic E-state index is 13.4. The van der Waals surface area contributed by atoms with E-state index >= 15 is 0 Å². The topological polar surface area (TPSA) is 88.7 Å². The number of nitro benzene ring substituents is 1. The Morgan fingerprint density at radius 3 is 2.61 bits per heavy atom. The fourth-order valence-electron chi connectivity index (χ4n) is 4.24. The van der Waals surface area contributed by atoms with Gasteiger partial charge in [-0.25, -0.2) is 0 Å². The first-order chi connectivity index (χ1) is 17.4. The van der Waals surface area contributed by atoms with Crippen molar-refractivity contribution < 1.29 is 14.5 Å². The smallest absolute Gasteiger partial charge is 0.270 e. The van der Waals surface area contributed by atoms with Crippen LogP contribution in [0, 0.1) is 17.0 Å². The molecule has 1 aliphatic carbocycles.